The average molecular weight is 278 g/mol. The molecule has 0 atom stereocenters. The molecule has 1 N–H and O–H groups in total. The first-order valence-electron chi connectivity index (χ1n) is 4.62. The number of nitriles is 1. The van der Waals surface area contributed by atoms with Gasteiger partial charge in [0.1, 0.15) is 20.5 Å². The van der Waals surface area contributed by atoms with Gasteiger partial charge in [-0.15, -0.1) is 0 Å². The topological polar surface area (TPSA) is 52.9 Å². The third kappa shape index (κ3) is 2.58. The zero-order valence-corrected chi connectivity index (χ0v) is 10.9. The number of anilines is 1. The quantitative estimate of drug-likeness (QED) is 0.673. The van der Waals surface area contributed by atoms with Crippen LogP contribution in [0, 0.1) is 15.2 Å². The van der Waals surface area contributed by atoms with Crippen molar-refractivity contribution in [2.45, 2.75) is 0 Å². The van der Waals surface area contributed by atoms with Gasteiger partial charge in [-0.2, -0.15) is 5.26 Å². The van der Waals surface area contributed by atoms with Crippen molar-refractivity contribution < 1.29 is 4.79 Å². The van der Waals surface area contributed by atoms with E-state index in [4.69, 9.17) is 17.5 Å². The van der Waals surface area contributed by atoms with E-state index in [-0.39, 0.29) is 5.91 Å². The predicted octanol–water partition coefficient (Wildman–Crippen LogP) is 3.66. The summed E-state index contributed by atoms with van der Waals surface area (Å²) in [5.74, 6) is -0.230. The molecule has 0 aliphatic rings. The van der Waals surface area contributed by atoms with Crippen LogP contribution in [-0.4, -0.2) is 5.91 Å². The Morgan fingerprint density at radius 1 is 1.29 bits per heavy atom. The Labute approximate surface area is 110 Å². The Morgan fingerprint density at radius 3 is 2.65 bits per heavy atom. The number of carbonyl (C=O) groups excluding carboxylic acids is 1. The maximum absolute atomic E-state index is 11.8. The number of amides is 1. The first-order valence-corrected chi connectivity index (χ1v) is 7.18. The molecule has 84 valence electrons. The van der Waals surface area contributed by atoms with Crippen molar-refractivity contribution in [3.05, 3.63) is 45.3 Å². The van der Waals surface area contributed by atoms with Crippen molar-refractivity contribution >= 4 is 43.8 Å². The van der Waals surface area contributed by atoms with Crippen molar-refractivity contribution in [2.24, 2.45) is 0 Å². The summed E-state index contributed by atoms with van der Waals surface area (Å²) >= 11 is 5.00. The largest absolute Gasteiger partial charge is 0.312 e. The minimum atomic E-state index is -0.230. The van der Waals surface area contributed by atoms with E-state index in [0.717, 1.165) is 0 Å². The summed E-state index contributed by atoms with van der Waals surface area (Å²) in [6, 6.07) is 10.8. The van der Waals surface area contributed by atoms with E-state index < -0.39 is 0 Å². The summed E-state index contributed by atoms with van der Waals surface area (Å²) < 4.78 is 0.515. The van der Waals surface area contributed by atoms with Crippen LogP contribution in [0.15, 0.2) is 30.3 Å². The van der Waals surface area contributed by atoms with Crippen molar-refractivity contribution in [3.63, 3.8) is 0 Å². The second-order valence-corrected chi connectivity index (χ2v) is 5.91. The molecule has 0 saturated heterocycles. The van der Waals surface area contributed by atoms with Gasteiger partial charge < -0.3 is 5.32 Å². The predicted molar refractivity (Wildman–Crippen MR) is 72.1 cm³/mol. The molecule has 0 aliphatic carbocycles. The summed E-state index contributed by atoms with van der Waals surface area (Å²) in [6.45, 7) is 0. The van der Waals surface area contributed by atoms with Crippen LogP contribution in [-0.2, 0) is 0 Å². The van der Waals surface area contributed by atoms with E-state index in [1.165, 1.54) is 20.7 Å². The maximum Gasteiger partial charge on any atom is 0.256 e. The summed E-state index contributed by atoms with van der Waals surface area (Å²) in [6.07, 6.45) is 0. The van der Waals surface area contributed by atoms with Gasteiger partial charge in [0.05, 0.1) is 0 Å². The summed E-state index contributed by atoms with van der Waals surface area (Å²) in [5, 5.41) is 12.1. The molecule has 0 bridgehead atoms. The number of hydrogen-bond donors (Lipinski definition) is 1. The Hall–Kier alpha value is -1.55. The summed E-state index contributed by atoms with van der Waals surface area (Å²) in [7, 11) is 2.62. The molecule has 0 saturated carbocycles. The number of carbonyl (C=O) groups is 1. The van der Waals surface area contributed by atoms with Crippen molar-refractivity contribution in [1.82, 2.24) is 0 Å². The third-order valence-corrected chi connectivity index (χ3v) is 4.94. The van der Waals surface area contributed by atoms with Gasteiger partial charge in [0.15, 0.2) is 0 Å². The van der Waals surface area contributed by atoms with Crippen LogP contribution < -0.4 is 5.32 Å². The number of nitrogens with zero attached hydrogens (tertiary/aromatic N) is 1. The van der Waals surface area contributed by atoms with Crippen LogP contribution in [0.2, 0.25) is 0 Å². The molecule has 0 aliphatic heterocycles. The summed E-state index contributed by atoms with van der Waals surface area (Å²) in [5.41, 5.74) is 0.931. The van der Waals surface area contributed by atoms with E-state index >= 15 is 0 Å². The van der Waals surface area contributed by atoms with Gasteiger partial charge in [0, 0.05) is 5.56 Å². The molecule has 3 nitrogen and oxygen atoms in total. The standard InChI is InChI=1S/C11H6N2OS3/c12-6-8-10(16-17-11(8)15)13-9(14)7-4-2-1-3-5-7/h1-5H,(H,13,14). The smallest absolute Gasteiger partial charge is 0.256 e. The first kappa shape index (κ1) is 11.9. The van der Waals surface area contributed by atoms with Crippen molar-refractivity contribution in [3.8, 4) is 6.07 Å². The van der Waals surface area contributed by atoms with Gasteiger partial charge in [-0.25, -0.2) is 0 Å². The second kappa shape index (κ2) is 5.19. The zero-order chi connectivity index (χ0) is 12.3. The molecule has 0 fully saturated rings. The molecule has 2 aromatic rings. The lowest BCUT2D eigenvalue weighted by molar-refractivity contribution is 0.102. The van der Waals surface area contributed by atoms with Crippen LogP contribution in [0.5, 0.6) is 0 Å². The lowest BCUT2D eigenvalue weighted by atomic mass is 10.2. The highest BCUT2D eigenvalue weighted by molar-refractivity contribution is 7.80. The SMILES string of the molecule is N#Cc1c(NC(=O)c2ccccc2)ssc1=S. The Morgan fingerprint density at radius 2 is 2.00 bits per heavy atom. The first-order chi connectivity index (χ1) is 8.22. The number of benzene rings is 1. The van der Waals surface area contributed by atoms with Gasteiger partial charge >= 0.3 is 0 Å². The summed E-state index contributed by atoms with van der Waals surface area (Å²) in [4.78, 5) is 11.8. The van der Waals surface area contributed by atoms with E-state index in [1.807, 2.05) is 12.1 Å². The fraction of sp³-hybridized carbons (Fsp3) is 0. The number of nitrogens with one attached hydrogen (secondary N) is 1. The molecular weight excluding hydrogens is 272 g/mol. The third-order valence-electron chi connectivity index (χ3n) is 2.01. The normalized spacial score (nSPS) is 9.59. The average Bonchev–Trinajstić information content (AvgIpc) is 2.71. The van der Waals surface area contributed by atoms with Gasteiger partial charge in [-0.3, -0.25) is 4.79 Å². The monoisotopic (exact) mass is 278 g/mol. The van der Waals surface area contributed by atoms with Gasteiger partial charge in [-0.05, 0) is 12.1 Å². The molecule has 6 heteroatoms. The van der Waals surface area contributed by atoms with Crippen LogP contribution >= 0.6 is 32.9 Å². The molecule has 1 aromatic heterocycles. The highest BCUT2D eigenvalue weighted by atomic mass is 32.9. The maximum atomic E-state index is 11.8. The number of hydrogen-bond acceptors (Lipinski definition) is 5. The molecule has 1 amide bonds. The minimum absolute atomic E-state index is 0.230. The van der Waals surface area contributed by atoms with Gasteiger partial charge in [0.25, 0.3) is 5.91 Å². The van der Waals surface area contributed by atoms with Crippen LogP contribution in [0.3, 0.4) is 0 Å². The molecule has 1 heterocycles. The van der Waals surface area contributed by atoms with E-state index in [1.54, 1.807) is 24.3 Å². The lowest BCUT2D eigenvalue weighted by Crippen LogP contribution is -2.11. The fourth-order valence-corrected chi connectivity index (χ4v) is 3.64. The molecular formula is C11H6N2OS3. The van der Waals surface area contributed by atoms with Gasteiger partial charge in [-0.1, -0.05) is 51.1 Å². The fourth-order valence-electron chi connectivity index (χ4n) is 1.20. The van der Waals surface area contributed by atoms with E-state index in [0.29, 0.717) is 20.0 Å². The lowest BCUT2D eigenvalue weighted by Gasteiger charge is -2.01. The van der Waals surface area contributed by atoms with Crippen molar-refractivity contribution in [2.75, 3.05) is 5.32 Å². The molecule has 2 rings (SSSR count). The van der Waals surface area contributed by atoms with Crippen LogP contribution in [0.4, 0.5) is 5.00 Å². The van der Waals surface area contributed by atoms with Crippen LogP contribution in [0.25, 0.3) is 0 Å². The highest BCUT2D eigenvalue weighted by Gasteiger charge is 2.12. The molecule has 0 unspecified atom stereocenters. The van der Waals surface area contributed by atoms with E-state index in [2.05, 4.69) is 5.32 Å². The molecule has 0 radical (unpaired) electrons. The Bertz CT molecular complexity index is 637. The Balaban J connectivity index is 2.26. The zero-order valence-electron chi connectivity index (χ0n) is 8.47. The van der Waals surface area contributed by atoms with E-state index in [9.17, 15) is 4.79 Å². The molecule has 17 heavy (non-hydrogen) atoms. The van der Waals surface area contributed by atoms with Gasteiger partial charge in [0.2, 0.25) is 0 Å². The second-order valence-electron chi connectivity index (χ2n) is 3.09. The van der Waals surface area contributed by atoms with Crippen molar-refractivity contribution in [1.29, 1.82) is 5.26 Å². The number of rotatable bonds is 2. The minimum Gasteiger partial charge on any atom is -0.312 e. The highest BCUT2D eigenvalue weighted by Crippen LogP contribution is 2.29. The molecule has 0 spiro atoms. The molecule has 1 aromatic carbocycles. The Kier molecular flexibility index (Phi) is 3.64. The van der Waals surface area contributed by atoms with Crippen LogP contribution in [0.1, 0.15) is 15.9 Å².